The lowest BCUT2D eigenvalue weighted by molar-refractivity contribution is -0.115. The molecule has 4 N–H and O–H groups in total. The lowest BCUT2D eigenvalue weighted by atomic mass is 10.1. The number of urea groups is 1. The molecule has 0 unspecified atom stereocenters. The van der Waals surface area contributed by atoms with Crippen LogP contribution >= 0.6 is 0 Å². The Morgan fingerprint density at radius 2 is 1.54 bits per heavy atom. The predicted octanol–water partition coefficient (Wildman–Crippen LogP) is 3.20. The van der Waals surface area contributed by atoms with Crippen LogP contribution in [0.25, 0.3) is 0 Å². The van der Waals surface area contributed by atoms with Gasteiger partial charge in [0.05, 0.1) is 17.8 Å². The number of carbonyl (C=O) groups excluding carboxylic acids is 3. The number of carbonyl (C=O) groups is 3. The van der Waals surface area contributed by atoms with Crippen molar-refractivity contribution in [1.29, 1.82) is 0 Å². The first-order valence-corrected chi connectivity index (χ1v) is 9.08. The Morgan fingerprint density at radius 1 is 0.893 bits per heavy atom. The van der Waals surface area contributed by atoms with Gasteiger partial charge in [0.2, 0.25) is 5.91 Å². The quantitative estimate of drug-likeness (QED) is 0.617. The van der Waals surface area contributed by atoms with E-state index >= 15 is 0 Å². The summed E-state index contributed by atoms with van der Waals surface area (Å²) in [6, 6.07) is 11.9. The molecular formula is C21H26N4O3. The molecule has 0 bridgehead atoms. The van der Waals surface area contributed by atoms with Gasteiger partial charge in [-0.05, 0) is 51.0 Å². The van der Waals surface area contributed by atoms with E-state index in [-0.39, 0.29) is 24.1 Å². The van der Waals surface area contributed by atoms with Gasteiger partial charge in [0, 0.05) is 11.7 Å². The van der Waals surface area contributed by atoms with E-state index in [1.54, 1.807) is 24.3 Å². The summed E-state index contributed by atoms with van der Waals surface area (Å²) in [6.45, 7) is 7.32. The molecule has 2 aromatic rings. The Balaban J connectivity index is 1.99. The van der Waals surface area contributed by atoms with Gasteiger partial charge in [0.25, 0.3) is 5.91 Å². The van der Waals surface area contributed by atoms with Crippen LogP contribution in [0, 0.1) is 13.8 Å². The molecule has 0 aliphatic rings. The van der Waals surface area contributed by atoms with E-state index < -0.39 is 11.9 Å². The van der Waals surface area contributed by atoms with Crippen molar-refractivity contribution in [1.82, 2.24) is 10.6 Å². The van der Waals surface area contributed by atoms with Gasteiger partial charge in [-0.2, -0.15) is 0 Å². The number of nitrogens with one attached hydrogen (secondary N) is 4. The van der Waals surface area contributed by atoms with Gasteiger partial charge in [-0.1, -0.05) is 30.3 Å². The molecule has 7 nitrogen and oxygen atoms in total. The minimum absolute atomic E-state index is 0.0328. The van der Waals surface area contributed by atoms with E-state index in [0.29, 0.717) is 5.69 Å². The molecule has 2 rings (SSSR count). The second kappa shape index (κ2) is 9.55. The van der Waals surface area contributed by atoms with Crippen LogP contribution in [-0.4, -0.2) is 30.4 Å². The van der Waals surface area contributed by atoms with E-state index in [1.165, 1.54) is 0 Å². The zero-order chi connectivity index (χ0) is 20.7. The highest BCUT2D eigenvalue weighted by Gasteiger charge is 2.15. The number of hydrogen-bond donors (Lipinski definition) is 4. The largest absolute Gasteiger partial charge is 0.343 e. The van der Waals surface area contributed by atoms with Crippen molar-refractivity contribution in [3.05, 3.63) is 59.2 Å². The number of aryl methyl sites for hydroxylation is 2. The first-order valence-electron chi connectivity index (χ1n) is 9.08. The minimum atomic E-state index is -0.447. The molecule has 0 heterocycles. The number of rotatable bonds is 6. The van der Waals surface area contributed by atoms with E-state index in [1.807, 2.05) is 45.9 Å². The Bertz CT molecular complexity index is 857. The van der Waals surface area contributed by atoms with Crippen molar-refractivity contribution >= 4 is 29.2 Å². The molecule has 0 aliphatic heterocycles. The molecule has 0 radical (unpaired) electrons. The third kappa shape index (κ3) is 5.84. The van der Waals surface area contributed by atoms with Crippen molar-refractivity contribution < 1.29 is 14.4 Å². The number of benzene rings is 2. The molecule has 7 heteroatoms. The van der Waals surface area contributed by atoms with Crippen molar-refractivity contribution in [2.45, 2.75) is 33.7 Å². The predicted molar refractivity (Wildman–Crippen MR) is 111 cm³/mol. The SMILES string of the molecule is Cc1cccc(C)c1NC(=O)CNC(=O)c1ccccc1NC(=O)NC(C)C. The van der Waals surface area contributed by atoms with E-state index in [0.717, 1.165) is 16.8 Å². The highest BCUT2D eigenvalue weighted by atomic mass is 16.2. The Morgan fingerprint density at radius 3 is 2.18 bits per heavy atom. The molecule has 28 heavy (non-hydrogen) atoms. The number of hydrogen-bond acceptors (Lipinski definition) is 3. The molecule has 0 saturated carbocycles. The van der Waals surface area contributed by atoms with Gasteiger partial charge in [-0.15, -0.1) is 0 Å². The maximum atomic E-state index is 12.5. The van der Waals surface area contributed by atoms with Crippen LogP contribution in [0.1, 0.15) is 35.3 Å². The fourth-order valence-electron chi connectivity index (χ4n) is 2.66. The van der Waals surface area contributed by atoms with E-state index in [9.17, 15) is 14.4 Å². The molecule has 0 fully saturated rings. The number of anilines is 2. The summed E-state index contributed by atoms with van der Waals surface area (Å²) < 4.78 is 0. The molecule has 0 aliphatic carbocycles. The molecule has 0 spiro atoms. The highest BCUT2D eigenvalue weighted by molar-refractivity contribution is 6.05. The fourth-order valence-corrected chi connectivity index (χ4v) is 2.66. The van der Waals surface area contributed by atoms with Crippen molar-refractivity contribution in [3.8, 4) is 0 Å². The third-order valence-corrected chi connectivity index (χ3v) is 3.99. The standard InChI is InChI=1S/C21H26N4O3/c1-13(2)23-21(28)24-17-11-6-5-10-16(17)20(27)22-12-18(26)25-19-14(3)8-7-9-15(19)4/h5-11,13H,12H2,1-4H3,(H,22,27)(H,25,26)(H2,23,24,28). The average Bonchev–Trinajstić information content (AvgIpc) is 2.62. The Labute approximate surface area is 164 Å². The van der Waals surface area contributed by atoms with E-state index in [2.05, 4.69) is 21.3 Å². The highest BCUT2D eigenvalue weighted by Crippen LogP contribution is 2.19. The fraction of sp³-hybridized carbons (Fsp3) is 0.286. The molecular weight excluding hydrogens is 356 g/mol. The normalized spacial score (nSPS) is 10.3. The van der Waals surface area contributed by atoms with Crippen LogP contribution in [0.15, 0.2) is 42.5 Å². The number of amides is 4. The molecule has 0 aromatic heterocycles. The Hall–Kier alpha value is -3.35. The van der Waals surface area contributed by atoms with Gasteiger partial charge >= 0.3 is 6.03 Å². The summed E-state index contributed by atoms with van der Waals surface area (Å²) in [5, 5.41) is 10.8. The molecule has 2 aromatic carbocycles. The summed E-state index contributed by atoms with van der Waals surface area (Å²) in [7, 11) is 0. The third-order valence-electron chi connectivity index (χ3n) is 3.99. The average molecular weight is 382 g/mol. The molecule has 0 saturated heterocycles. The van der Waals surface area contributed by atoms with Crippen molar-refractivity contribution in [3.63, 3.8) is 0 Å². The van der Waals surface area contributed by atoms with Crippen LogP contribution in [0.2, 0.25) is 0 Å². The maximum absolute atomic E-state index is 12.5. The summed E-state index contributed by atoms with van der Waals surface area (Å²) in [4.78, 5) is 36.6. The number of para-hydroxylation sites is 2. The van der Waals surface area contributed by atoms with Gasteiger partial charge in [-0.25, -0.2) is 4.79 Å². The van der Waals surface area contributed by atoms with Gasteiger partial charge in [0.1, 0.15) is 0 Å². The van der Waals surface area contributed by atoms with Crippen LogP contribution < -0.4 is 21.3 Å². The molecule has 148 valence electrons. The summed E-state index contributed by atoms with van der Waals surface area (Å²) in [5.74, 6) is -0.772. The summed E-state index contributed by atoms with van der Waals surface area (Å²) >= 11 is 0. The minimum Gasteiger partial charge on any atom is -0.343 e. The first-order chi connectivity index (χ1) is 13.3. The molecule has 0 atom stereocenters. The van der Waals surface area contributed by atoms with Gasteiger partial charge < -0.3 is 21.3 Å². The van der Waals surface area contributed by atoms with Crippen molar-refractivity contribution in [2.24, 2.45) is 0 Å². The van der Waals surface area contributed by atoms with Crippen LogP contribution in [0.5, 0.6) is 0 Å². The monoisotopic (exact) mass is 382 g/mol. The van der Waals surface area contributed by atoms with Gasteiger partial charge in [0.15, 0.2) is 0 Å². The van der Waals surface area contributed by atoms with Crippen LogP contribution in [-0.2, 0) is 4.79 Å². The zero-order valence-electron chi connectivity index (χ0n) is 16.6. The Kier molecular flexibility index (Phi) is 7.14. The van der Waals surface area contributed by atoms with Gasteiger partial charge in [-0.3, -0.25) is 9.59 Å². The smallest absolute Gasteiger partial charge is 0.319 e. The topological polar surface area (TPSA) is 99.3 Å². The van der Waals surface area contributed by atoms with E-state index in [4.69, 9.17) is 0 Å². The summed E-state index contributed by atoms with van der Waals surface area (Å²) in [6.07, 6.45) is 0. The lowest BCUT2D eigenvalue weighted by Gasteiger charge is -2.14. The van der Waals surface area contributed by atoms with Crippen LogP contribution in [0.4, 0.5) is 16.2 Å². The second-order valence-electron chi connectivity index (χ2n) is 6.80. The first kappa shape index (κ1) is 21.0. The maximum Gasteiger partial charge on any atom is 0.319 e. The lowest BCUT2D eigenvalue weighted by Crippen LogP contribution is -2.36. The second-order valence-corrected chi connectivity index (χ2v) is 6.80. The van der Waals surface area contributed by atoms with Crippen molar-refractivity contribution in [2.75, 3.05) is 17.2 Å². The molecule has 4 amide bonds. The zero-order valence-corrected chi connectivity index (χ0v) is 16.6. The summed E-state index contributed by atoms with van der Waals surface area (Å²) in [5.41, 5.74) is 3.29. The van der Waals surface area contributed by atoms with Crippen LogP contribution in [0.3, 0.4) is 0 Å².